The number of anilines is 1. The number of nitrogens with zero attached hydrogens (tertiary/aromatic N) is 1. The number of carbonyl (C=O) groups excluding carboxylic acids is 1. The first kappa shape index (κ1) is 17.7. The van der Waals surface area contributed by atoms with Crippen molar-refractivity contribution in [2.45, 2.75) is 19.8 Å². The van der Waals surface area contributed by atoms with Gasteiger partial charge >= 0.3 is 0 Å². The van der Waals surface area contributed by atoms with Crippen molar-refractivity contribution in [1.29, 1.82) is 0 Å². The van der Waals surface area contributed by atoms with Gasteiger partial charge in [-0.25, -0.2) is 0 Å². The van der Waals surface area contributed by atoms with Crippen LogP contribution in [-0.4, -0.2) is 17.4 Å². The van der Waals surface area contributed by atoms with Gasteiger partial charge in [-0.15, -0.1) is 0 Å². The van der Waals surface area contributed by atoms with Crippen LogP contribution in [0.4, 0.5) is 11.4 Å². The number of non-ortho nitro benzene ring substituents is 1. The summed E-state index contributed by atoms with van der Waals surface area (Å²) in [6, 6.07) is 10.4. The average Bonchev–Trinajstić information content (AvgIpc) is 2.56. The van der Waals surface area contributed by atoms with Crippen molar-refractivity contribution < 1.29 is 14.5 Å². The van der Waals surface area contributed by atoms with Gasteiger partial charge in [-0.1, -0.05) is 24.9 Å². The Morgan fingerprint density at radius 3 is 2.58 bits per heavy atom. The molecule has 0 fully saturated rings. The van der Waals surface area contributed by atoms with E-state index in [1.54, 1.807) is 12.1 Å². The quantitative estimate of drug-likeness (QED) is 0.447. The zero-order valence-electron chi connectivity index (χ0n) is 13.1. The Kier molecular flexibility index (Phi) is 6.14. The number of hydrogen-bond acceptors (Lipinski definition) is 4. The average molecular weight is 349 g/mol. The number of ether oxygens (including phenoxy) is 1. The number of carbonyl (C=O) groups is 1. The number of benzene rings is 2. The van der Waals surface area contributed by atoms with Crippen molar-refractivity contribution >= 4 is 28.9 Å². The van der Waals surface area contributed by atoms with Crippen molar-refractivity contribution in [3.05, 3.63) is 63.2 Å². The normalized spacial score (nSPS) is 10.2. The lowest BCUT2D eigenvalue weighted by molar-refractivity contribution is -0.384. The maximum atomic E-state index is 12.5. The molecule has 0 atom stereocenters. The molecular weight excluding hydrogens is 332 g/mol. The van der Waals surface area contributed by atoms with Gasteiger partial charge in [0.1, 0.15) is 5.75 Å². The first-order valence-corrected chi connectivity index (χ1v) is 7.87. The molecule has 6 nitrogen and oxygen atoms in total. The maximum absolute atomic E-state index is 12.5. The van der Waals surface area contributed by atoms with E-state index in [0.717, 1.165) is 12.8 Å². The highest BCUT2D eigenvalue weighted by Gasteiger charge is 2.14. The van der Waals surface area contributed by atoms with Gasteiger partial charge in [-0.05, 0) is 36.8 Å². The number of halogens is 1. The summed E-state index contributed by atoms with van der Waals surface area (Å²) in [5.74, 6) is 0.0603. The van der Waals surface area contributed by atoms with Crippen LogP contribution in [0.1, 0.15) is 30.1 Å². The number of hydrogen-bond donors (Lipinski definition) is 1. The lowest BCUT2D eigenvalue weighted by Crippen LogP contribution is -2.14. The van der Waals surface area contributed by atoms with Crippen LogP contribution >= 0.6 is 11.6 Å². The van der Waals surface area contributed by atoms with Gasteiger partial charge in [-0.3, -0.25) is 14.9 Å². The number of nitrogens with one attached hydrogen (secondary N) is 1. The highest BCUT2D eigenvalue weighted by Crippen LogP contribution is 2.25. The summed E-state index contributed by atoms with van der Waals surface area (Å²) in [6.45, 7) is 2.56. The summed E-state index contributed by atoms with van der Waals surface area (Å²) in [4.78, 5) is 22.6. The fraction of sp³-hybridized carbons (Fsp3) is 0.235. The highest BCUT2D eigenvalue weighted by atomic mass is 35.5. The van der Waals surface area contributed by atoms with Crippen molar-refractivity contribution in [3.8, 4) is 5.75 Å². The number of amides is 1. The van der Waals surface area contributed by atoms with Crippen LogP contribution in [0.2, 0.25) is 5.02 Å². The molecule has 0 radical (unpaired) electrons. The van der Waals surface area contributed by atoms with Gasteiger partial charge in [0.05, 0.1) is 17.1 Å². The van der Waals surface area contributed by atoms with E-state index in [1.165, 1.54) is 30.3 Å². The summed E-state index contributed by atoms with van der Waals surface area (Å²) in [7, 11) is 0. The van der Waals surface area contributed by atoms with Crippen LogP contribution in [0.15, 0.2) is 42.5 Å². The van der Waals surface area contributed by atoms with Crippen LogP contribution in [-0.2, 0) is 0 Å². The second kappa shape index (κ2) is 8.31. The van der Waals surface area contributed by atoms with Gasteiger partial charge in [0.2, 0.25) is 0 Å². The molecule has 0 unspecified atom stereocenters. The number of nitro benzene ring substituents is 1. The zero-order valence-corrected chi connectivity index (χ0v) is 13.9. The van der Waals surface area contributed by atoms with E-state index in [0.29, 0.717) is 28.6 Å². The predicted molar refractivity (Wildman–Crippen MR) is 92.9 cm³/mol. The summed E-state index contributed by atoms with van der Waals surface area (Å²) in [5, 5.41) is 13.8. The summed E-state index contributed by atoms with van der Waals surface area (Å²) >= 11 is 5.97. The molecule has 0 bridgehead atoms. The molecule has 1 N–H and O–H groups in total. The Morgan fingerprint density at radius 1 is 1.25 bits per heavy atom. The van der Waals surface area contributed by atoms with Crippen LogP contribution < -0.4 is 10.1 Å². The predicted octanol–water partition coefficient (Wildman–Crippen LogP) is 4.68. The largest absolute Gasteiger partial charge is 0.493 e. The van der Waals surface area contributed by atoms with Crippen LogP contribution in [0.25, 0.3) is 0 Å². The van der Waals surface area contributed by atoms with Crippen molar-refractivity contribution in [2.24, 2.45) is 0 Å². The molecule has 0 aliphatic carbocycles. The Morgan fingerprint density at radius 2 is 1.96 bits per heavy atom. The van der Waals surface area contributed by atoms with Crippen molar-refractivity contribution in [2.75, 3.05) is 11.9 Å². The molecule has 7 heteroatoms. The third-order valence-corrected chi connectivity index (χ3v) is 3.51. The number of unbranched alkanes of at least 4 members (excludes halogenated alkanes) is 1. The Labute approximate surface area is 144 Å². The minimum Gasteiger partial charge on any atom is -0.493 e. The second-order valence-electron chi connectivity index (χ2n) is 5.10. The summed E-state index contributed by atoms with van der Waals surface area (Å²) in [6.07, 6.45) is 1.87. The van der Waals surface area contributed by atoms with E-state index in [2.05, 4.69) is 5.32 Å². The molecule has 0 saturated carbocycles. The summed E-state index contributed by atoms with van der Waals surface area (Å²) in [5.41, 5.74) is 0.724. The third-order valence-electron chi connectivity index (χ3n) is 3.28. The monoisotopic (exact) mass is 348 g/mol. The fourth-order valence-electron chi connectivity index (χ4n) is 2.00. The first-order chi connectivity index (χ1) is 11.5. The van der Waals surface area contributed by atoms with E-state index in [4.69, 9.17) is 16.3 Å². The molecule has 0 aliphatic rings. The topological polar surface area (TPSA) is 81.5 Å². The fourth-order valence-corrected chi connectivity index (χ4v) is 2.17. The van der Waals surface area contributed by atoms with Crippen molar-refractivity contribution in [3.63, 3.8) is 0 Å². The third kappa shape index (κ3) is 4.70. The molecule has 2 aromatic carbocycles. The molecule has 2 aromatic rings. The molecule has 0 aliphatic heterocycles. The lowest BCUT2D eigenvalue weighted by atomic mass is 10.1. The molecule has 2 rings (SSSR count). The standard InChI is InChI=1S/C17H17ClN2O4/c1-2-3-10-24-16-9-4-12(18)11-15(16)17(21)19-13-5-7-14(8-6-13)20(22)23/h4-9,11H,2-3,10H2,1H3,(H,19,21). The van der Waals surface area contributed by atoms with E-state index in [9.17, 15) is 14.9 Å². The van der Waals surface area contributed by atoms with Gasteiger partial charge in [0.15, 0.2) is 0 Å². The Hall–Kier alpha value is -2.60. The number of rotatable bonds is 7. The lowest BCUT2D eigenvalue weighted by Gasteiger charge is -2.12. The number of nitro groups is 1. The smallest absolute Gasteiger partial charge is 0.269 e. The van der Waals surface area contributed by atoms with Crippen LogP contribution in [0.3, 0.4) is 0 Å². The zero-order chi connectivity index (χ0) is 17.5. The van der Waals surface area contributed by atoms with Crippen LogP contribution in [0.5, 0.6) is 5.75 Å². The molecule has 0 aromatic heterocycles. The SMILES string of the molecule is CCCCOc1ccc(Cl)cc1C(=O)Nc1ccc([N+](=O)[O-])cc1. The minimum absolute atomic E-state index is 0.0423. The maximum Gasteiger partial charge on any atom is 0.269 e. The van der Waals surface area contributed by atoms with Crippen LogP contribution in [0, 0.1) is 10.1 Å². The molecule has 0 saturated heterocycles. The molecular formula is C17H17ClN2O4. The van der Waals surface area contributed by atoms with E-state index in [1.807, 2.05) is 6.92 Å². The van der Waals surface area contributed by atoms with E-state index < -0.39 is 10.8 Å². The van der Waals surface area contributed by atoms with Gasteiger partial charge in [-0.2, -0.15) is 0 Å². The van der Waals surface area contributed by atoms with Gasteiger partial charge in [0.25, 0.3) is 11.6 Å². The minimum atomic E-state index is -0.498. The second-order valence-corrected chi connectivity index (χ2v) is 5.54. The van der Waals surface area contributed by atoms with E-state index in [-0.39, 0.29) is 5.69 Å². The van der Waals surface area contributed by atoms with Crippen molar-refractivity contribution in [1.82, 2.24) is 0 Å². The molecule has 0 spiro atoms. The molecule has 24 heavy (non-hydrogen) atoms. The van der Waals surface area contributed by atoms with Gasteiger partial charge < -0.3 is 10.1 Å². The molecule has 0 heterocycles. The Bertz CT molecular complexity index is 732. The summed E-state index contributed by atoms with van der Waals surface area (Å²) < 4.78 is 5.63. The van der Waals surface area contributed by atoms with E-state index >= 15 is 0 Å². The molecule has 1 amide bonds. The molecule has 126 valence electrons. The first-order valence-electron chi connectivity index (χ1n) is 7.49. The van der Waals surface area contributed by atoms with Gasteiger partial charge in [0, 0.05) is 22.8 Å². The Balaban J connectivity index is 2.15. The highest BCUT2D eigenvalue weighted by molar-refractivity contribution is 6.31.